The lowest BCUT2D eigenvalue weighted by Crippen LogP contribution is -2.32. The molecular weight excluding hydrogens is 278 g/mol. The molecule has 0 N–H and O–H groups in total. The van der Waals surface area contributed by atoms with E-state index in [9.17, 15) is 9.59 Å². The molecule has 0 atom stereocenters. The van der Waals surface area contributed by atoms with Crippen LogP contribution in [0.2, 0.25) is 0 Å². The molecule has 0 saturated heterocycles. The van der Waals surface area contributed by atoms with Crippen molar-refractivity contribution in [1.82, 2.24) is 4.90 Å². The van der Waals surface area contributed by atoms with Crippen molar-refractivity contribution in [3.05, 3.63) is 46.3 Å². The van der Waals surface area contributed by atoms with Crippen LogP contribution in [0.25, 0.3) is 11.0 Å². The minimum atomic E-state index is -0.376. The fraction of sp³-hybridized carbons (Fsp3) is 0.444. The molecule has 0 saturated carbocycles. The van der Waals surface area contributed by atoms with E-state index in [1.165, 1.54) is 6.07 Å². The Bertz CT molecular complexity index is 682. The van der Waals surface area contributed by atoms with Crippen molar-refractivity contribution in [2.45, 2.75) is 39.5 Å². The van der Waals surface area contributed by atoms with E-state index >= 15 is 0 Å². The smallest absolute Gasteiger partial charge is 0.336 e. The van der Waals surface area contributed by atoms with Gasteiger partial charge >= 0.3 is 5.63 Å². The number of carbonyl (C=O) groups is 1. The molecule has 0 aliphatic rings. The van der Waals surface area contributed by atoms with Crippen LogP contribution in [0.15, 0.2) is 39.5 Å². The van der Waals surface area contributed by atoms with Gasteiger partial charge in [-0.05, 0) is 37.1 Å². The Hall–Kier alpha value is -2.10. The van der Waals surface area contributed by atoms with Crippen molar-refractivity contribution in [3.8, 4) is 0 Å². The van der Waals surface area contributed by atoms with E-state index in [0.29, 0.717) is 11.1 Å². The van der Waals surface area contributed by atoms with Crippen LogP contribution in [-0.2, 0) is 0 Å². The molecule has 1 heterocycles. The van der Waals surface area contributed by atoms with Crippen molar-refractivity contribution in [2.24, 2.45) is 0 Å². The molecule has 0 fully saturated rings. The number of benzene rings is 1. The van der Waals surface area contributed by atoms with Crippen LogP contribution in [-0.4, -0.2) is 23.9 Å². The van der Waals surface area contributed by atoms with Gasteiger partial charge in [-0.15, -0.1) is 0 Å². The zero-order valence-corrected chi connectivity index (χ0v) is 13.3. The first kappa shape index (κ1) is 16.3. The van der Waals surface area contributed by atoms with Gasteiger partial charge in [0, 0.05) is 30.1 Å². The molecule has 1 aromatic carbocycles. The van der Waals surface area contributed by atoms with E-state index in [-0.39, 0.29) is 11.5 Å². The van der Waals surface area contributed by atoms with Gasteiger partial charge < -0.3 is 9.32 Å². The number of unbranched alkanes of at least 4 members (excludes halogenated alkanes) is 2. The van der Waals surface area contributed by atoms with Crippen LogP contribution in [0.1, 0.15) is 49.9 Å². The standard InChI is InChI=1S/C18H23NO3/c1-3-5-11-19(12-6-4-2)18(21)15-7-9-16-14(13-15)8-10-17(20)22-16/h7-10,13H,3-6,11-12H2,1-2H3. The first-order valence-electron chi connectivity index (χ1n) is 7.99. The fourth-order valence-corrected chi connectivity index (χ4v) is 2.40. The summed E-state index contributed by atoms with van der Waals surface area (Å²) in [5, 5.41) is 0.774. The second kappa shape index (κ2) is 7.78. The number of fused-ring (bicyclic) bond motifs is 1. The maximum absolute atomic E-state index is 12.7. The topological polar surface area (TPSA) is 50.5 Å². The molecule has 4 heteroatoms. The number of hydrogen-bond donors (Lipinski definition) is 0. The monoisotopic (exact) mass is 301 g/mol. The molecule has 1 amide bonds. The van der Waals surface area contributed by atoms with E-state index in [1.54, 1.807) is 24.3 Å². The molecule has 22 heavy (non-hydrogen) atoms. The first-order chi connectivity index (χ1) is 10.7. The molecule has 0 radical (unpaired) electrons. The summed E-state index contributed by atoms with van der Waals surface area (Å²) in [6.07, 6.45) is 4.16. The summed E-state index contributed by atoms with van der Waals surface area (Å²) in [5.74, 6) is 0.0509. The molecule has 4 nitrogen and oxygen atoms in total. The Labute approximate surface area is 130 Å². The lowest BCUT2D eigenvalue weighted by molar-refractivity contribution is 0.0751. The number of amides is 1. The Morgan fingerprint density at radius 3 is 2.36 bits per heavy atom. The SMILES string of the molecule is CCCCN(CCCC)C(=O)c1ccc2oc(=O)ccc2c1. The van der Waals surface area contributed by atoms with E-state index in [1.807, 2.05) is 4.90 Å². The van der Waals surface area contributed by atoms with E-state index in [0.717, 1.165) is 44.2 Å². The van der Waals surface area contributed by atoms with Gasteiger partial charge in [-0.3, -0.25) is 4.79 Å². The summed E-state index contributed by atoms with van der Waals surface area (Å²) in [6.45, 7) is 5.83. The van der Waals surface area contributed by atoms with E-state index < -0.39 is 0 Å². The predicted molar refractivity (Wildman–Crippen MR) is 88.2 cm³/mol. The normalized spacial score (nSPS) is 10.8. The van der Waals surface area contributed by atoms with Gasteiger partial charge in [0.15, 0.2) is 0 Å². The van der Waals surface area contributed by atoms with Crippen molar-refractivity contribution in [1.29, 1.82) is 0 Å². The van der Waals surface area contributed by atoms with Crippen LogP contribution < -0.4 is 5.63 Å². The zero-order valence-electron chi connectivity index (χ0n) is 13.3. The molecule has 118 valence electrons. The van der Waals surface area contributed by atoms with Crippen LogP contribution in [0.5, 0.6) is 0 Å². The summed E-state index contributed by atoms with van der Waals surface area (Å²) >= 11 is 0. The largest absolute Gasteiger partial charge is 0.423 e. The Morgan fingerprint density at radius 1 is 1.05 bits per heavy atom. The van der Waals surface area contributed by atoms with Gasteiger partial charge in [0.05, 0.1) is 0 Å². The molecule has 1 aromatic heterocycles. The Morgan fingerprint density at radius 2 is 1.73 bits per heavy atom. The van der Waals surface area contributed by atoms with Crippen molar-refractivity contribution < 1.29 is 9.21 Å². The molecule has 0 bridgehead atoms. The molecule has 0 aliphatic heterocycles. The highest BCUT2D eigenvalue weighted by atomic mass is 16.4. The zero-order chi connectivity index (χ0) is 15.9. The highest BCUT2D eigenvalue weighted by Crippen LogP contribution is 2.16. The van der Waals surface area contributed by atoms with Crippen molar-refractivity contribution >= 4 is 16.9 Å². The predicted octanol–water partition coefficient (Wildman–Crippen LogP) is 3.84. The van der Waals surface area contributed by atoms with Gasteiger partial charge in [-0.2, -0.15) is 0 Å². The average molecular weight is 301 g/mol. The molecule has 0 unspecified atom stereocenters. The molecular formula is C18H23NO3. The first-order valence-corrected chi connectivity index (χ1v) is 7.99. The van der Waals surface area contributed by atoms with Gasteiger partial charge in [-0.25, -0.2) is 4.79 Å². The third-order valence-electron chi connectivity index (χ3n) is 3.72. The second-order valence-corrected chi connectivity index (χ2v) is 5.51. The van der Waals surface area contributed by atoms with Crippen LogP contribution in [0.3, 0.4) is 0 Å². The van der Waals surface area contributed by atoms with Crippen LogP contribution in [0, 0.1) is 0 Å². The molecule has 2 rings (SSSR count). The fourth-order valence-electron chi connectivity index (χ4n) is 2.40. The molecule has 0 spiro atoms. The van der Waals surface area contributed by atoms with Crippen molar-refractivity contribution in [3.63, 3.8) is 0 Å². The maximum atomic E-state index is 12.7. The van der Waals surface area contributed by atoms with Gasteiger partial charge in [0.25, 0.3) is 5.91 Å². The summed E-state index contributed by atoms with van der Waals surface area (Å²) < 4.78 is 5.11. The minimum absolute atomic E-state index is 0.0509. The number of nitrogens with zero attached hydrogens (tertiary/aromatic N) is 1. The Kier molecular flexibility index (Phi) is 5.75. The summed E-state index contributed by atoms with van der Waals surface area (Å²) in [7, 11) is 0. The van der Waals surface area contributed by atoms with Crippen molar-refractivity contribution in [2.75, 3.05) is 13.1 Å². The maximum Gasteiger partial charge on any atom is 0.336 e. The van der Waals surface area contributed by atoms with Gasteiger partial charge in [0.1, 0.15) is 5.58 Å². The van der Waals surface area contributed by atoms with Crippen LogP contribution in [0.4, 0.5) is 0 Å². The highest BCUT2D eigenvalue weighted by Gasteiger charge is 2.15. The minimum Gasteiger partial charge on any atom is -0.423 e. The molecule has 0 aliphatic carbocycles. The summed E-state index contributed by atoms with van der Waals surface area (Å²) in [4.78, 5) is 25.8. The second-order valence-electron chi connectivity index (χ2n) is 5.51. The highest BCUT2D eigenvalue weighted by molar-refractivity contribution is 5.97. The van der Waals surface area contributed by atoms with Gasteiger partial charge in [0.2, 0.25) is 0 Å². The lowest BCUT2D eigenvalue weighted by Gasteiger charge is -2.22. The average Bonchev–Trinajstić information content (AvgIpc) is 2.54. The quantitative estimate of drug-likeness (QED) is 0.730. The lowest BCUT2D eigenvalue weighted by atomic mass is 10.1. The van der Waals surface area contributed by atoms with Crippen LogP contribution >= 0.6 is 0 Å². The third kappa shape index (κ3) is 3.97. The number of carbonyl (C=O) groups excluding carboxylic acids is 1. The van der Waals surface area contributed by atoms with Gasteiger partial charge in [-0.1, -0.05) is 26.7 Å². The van der Waals surface area contributed by atoms with E-state index in [4.69, 9.17) is 4.42 Å². The number of hydrogen-bond acceptors (Lipinski definition) is 3. The third-order valence-corrected chi connectivity index (χ3v) is 3.72. The Balaban J connectivity index is 2.24. The summed E-state index contributed by atoms with van der Waals surface area (Å²) in [6, 6.07) is 8.30. The number of rotatable bonds is 7. The van der Waals surface area contributed by atoms with E-state index in [2.05, 4.69) is 13.8 Å². The molecule has 2 aromatic rings. The summed E-state index contributed by atoms with van der Waals surface area (Å²) in [5.41, 5.74) is 0.783.